The van der Waals surface area contributed by atoms with Crippen molar-refractivity contribution in [1.29, 1.82) is 0 Å². The Hall–Kier alpha value is -1.41. The largest absolute Gasteiger partial charge is 0.370 e. The molecule has 0 radical (unpaired) electrons. The fourth-order valence-corrected chi connectivity index (χ4v) is 2.46. The van der Waals surface area contributed by atoms with Crippen LogP contribution in [0.1, 0.15) is 37.1 Å². The van der Waals surface area contributed by atoms with Crippen LogP contribution in [0.15, 0.2) is 0 Å². The number of rotatable bonds is 8. The first-order chi connectivity index (χ1) is 9.90. The highest BCUT2D eigenvalue weighted by molar-refractivity contribution is 7.88. The third kappa shape index (κ3) is 4.82. The summed E-state index contributed by atoms with van der Waals surface area (Å²) >= 11 is 0. The van der Waals surface area contributed by atoms with E-state index >= 15 is 0 Å². The summed E-state index contributed by atoms with van der Waals surface area (Å²) in [6.07, 6.45) is 3.44. The van der Waals surface area contributed by atoms with Crippen LogP contribution in [0.25, 0.3) is 0 Å². The fraction of sp³-hybridized carbons (Fsp3) is 0.692. The number of sulfonamides is 1. The summed E-state index contributed by atoms with van der Waals surface area (Å²) in [4.78, 5) is 9.15. The summed E-state index contributed by atoms with van der Waals surface area (Å²) in [5, 5.41) is 6.44. The van der Waals surface area contributed by atoms with E-state index in [4.69, 9.17) is 0 Å². The van der Waals surface area contributed by atoms with Gasteiger partial charge in [-0.05, 0) is 26.7 Å². The Labute approximate surface area is 126 Å². The number of hydrogen-bond acceptors (Lipinski definition) is 6. The van der Waals surface area contributed by atoms with Gasteiger partial charge in [-0.2, -0.15) is 0 Å². The molecule has 0 unspecified atom stereocenters. The zero-order valence-electron chi connectivity index (χ0n) is 12.7. The predicted octanol–water partition coefficient (Wildman–Crippen LogP) is 1.06. The second-order valence-corrected chi connectivity index (χ2v) is 7.13. The van der Waals surface area contributed by atoms with Crippen molar-refractivity contribution in [1.82, 2.24) is 14.7 Å². The van der Waals surface area contributed by atoms with Crippen LogP contribution in [-0.4, -0.2) is 44.3 Å². The maximum absolute atomic E-state index is 11.0. The van der Waals surface area contributed by atoms with Gasteiger partial charge in [0.1, 0.15) is 17.5 Å². The Morgan fingerprint density at radius 3 is 2.29 bits per heavy atom. The molecule has 0 aromatic carbocycles. The lowest BCUT2D eigenvalue weighted by Crippen LogP contribution is -2.28. The van der Waals surface area contributed by atoms with Crippen molar-refractivity contribution in [3.05, 3.63) is 11.4 Å². The molecule has 1 aliphatic carbocycles. The van der Waals surface area contributed by atoms with Gasteiger partial charge in [-0.15, -0.1) is 0 Å². The molecule has 1 saturated carbocycles. The molecule has 1 heterocycles. The van der Waals surface area contributed by atoms with E-state index in [9.17, 15) is 8.42 Å². The molecule has 21 heavy (non-hydrogen) atoms. The molecule has 0 atom stereocenters. The number of anilines is 2. The topological polar surface area (TPSA) is 96.0 Å². The first kappa shape index (κ1) is 16.0. The lowest BCUT2D eigenvalue weighted by atomic mass is 10.2. The minimum Gasteiger partial charge on any atom is -0.370 e. The van der Waals surface area contributed by atoms with Gasteiger partial charge >= 0.3 is 0 Å². The summed E-state index contributed by atoms with van der Waals surface area (Å²) in [5.41, 5.74) is 0.959. The van der Waals surface area contributed by atoms with Crippen LogP contribution >= 0.6 is 0 Å². The summed E-state index contributed by atoms with van der Waals surface area (Å²) in [5.74, 6) is 2.97. The molecular weight excluding hydrogens is 290 g/mol. The van der Waals surface area contributed by atoms with Gasteiger partial charge in [0.25, 0.3) is 0 Å². The molecule has 1 aliphatic rings. The Bertz CT molecular complexity index is 599. The molecule has 0 saturated heterocycles. The zero-order valence-corrected chi connectivity index (χ0v) is 13.5. The summed E-state index contributed by atoms with van der Waals surface area (Å²) in [6, 6.07) is 0. The quantitative estimate of drug-likeness (QED) is 0.621. The van der Waals surface area contributed by atoms with Crippen molar-refractivity contribution in [3.63, 3.8) is 0 Å². The van der Waals surface area contributed by atoms with Crippen molar-refractivity contribution in [3.8, 4) is 0 Å². The zero-order chi connectivity index (χ0) is 15.5. The minimum atomic E-state index is -3.15. The molecule has 0 amide bonds. The van der Waals surface area contributed by atoms with Crippen LogP contribution in [0.2, 0.25) is 0 Å². The molecule has 3 N–H and O–H groups in total. The molecule has 0 aliphatic heterocycles. The van der Waals surface area contributed by atoms with E-state index in [1.165, 1.54) is 0 Å². The molecule has 0 spiro atoms. The van der Waals surface area contributed by atoms with E-state index in [0.717, 1.165) is 48.7 Å². The van der Waals surface area contributed by atoms with E-state index in [1.54, 1.807) is 0 Å². The van der Waals surface area contributed by atoms with Gasteiger partial charge in [0, 0.05) is 31.1 Å². The Balaban J connectivity index is 2.06. The van der Waals surface area contributed by atoms with Crippen molar-refractivity contribution in [2.75, 3.05) is 36.5 Å². The second-order valence-electron chi connectivity index (χ2n) is 5.30. The molecular formula is C13H23N5O2S. The lowest BCUT2D eigenvalue weighted by Gasteiger charge is -2.14. The average molecular weight is 313 g/mol. The SMILES string of the molecule is CCNc1nc(C2CC2)nc(NCCNS(C)(=O)=O)c1C. The maximum atomic E-state index is 11.0. The number of nitrogens with zero attached hydrogens (tertiary/aromatic N) is 2. The first-order valence-electron chi connectivity index (χ1n) is 7.21. The summed E-state index contributed by atoms with van der Waals surface area (Å²) < 4.78 is 24.5. The molecule has 118 valence electrons. The Morgan fingerprint density at radius 2 is 1.76 bits per heavy atom. The number of nitrogens with one attached hydrogen (secondary N) is 3. The molecule has 0 bridgehead atoms. The van der Waals surface area contributed by atoms with Crippen LogP contribution in [0.4, 0.5) is 11.6 Å². The molecule has 7 nitrogen and oxygen atoms in total. The van der Waals surface area contributed by atoms with Gasteiger partial charge in [0.2, 0.25) is 10.0 Å². The van der Waals surface area contributed by atoms with Gasteiger partial charge in [-0.3, -0.25) is 0 Å². The van der Waals surface area contributed by atoms with Crippen LogP contribution < -0.4 is 15.4 Å². The smallest absolute Gasteiger partial charge is 0.208 e. The van der Waals surface area contributed by atoms with E-state index in [2.05, 4.69) is 25.3 Å². The second kappa shape index (κ2) is 6.57. The predicted molar refractivity (Wildman–Crippen MR) is 84.2 cm³/mol. The van der Waals surface area contributed by atoms with E-state index in [-0.39, 0.29) is 0 Å². The van der Waals surface area contributed by atoms with Crippen LogP contribution in [0.5, 0.6) is 0 Å². The third-order valence-corrected chi connectivity index (χ3v) is 3.96. The summed E-state index contributed by atoms with van der Waals surface area (Å²) in [6.45, 7) is 5.61. The number of hydrogen-bond donors (Lipinski definition) is 3. The normalized spacial score (nSPS) is 15.0. The van der Waals surface area contributed by atoms with Gasteiger partial charge in [-0.1, -0.05) is 0 Å². The van der Waals surface area contributed by atoms with Gasteiger partial charge in [-0.25, -0.2) is 23.1 Å². The van der Waals surface area contributed by atoms with Crippen molar-refractivity contribution < 1.29 is 8.42 Å². The van der Waals surface area contributed by atoms with E-state index < -0.39 is 10.0 Å². The third-order valence-electron chi connectivity index (χ3n) is 3.23. The van der Waals surface area contributed by atoms with Crippen LogP contribution in [-0.2, 0) is 10.0 Å². The van der Waals surface area contributed by atoms with Crippen molar-refractivity contribution in [2.24, 2.45) is 0 Å². The van der Waals surface area contributed by atoms with Crippen molar-refractivity contribution >= 4 is 21.7 Å². The lowest BCUT2D eigenvalue weighted by molar-refractivity contribution is 0.589. The minimum absolute atomic E-state index is 0.331. The summed E-state index contributed by atoms with van der Waals surface area (Å²) in [7, 11) is -3.15. The molecule has 8 heteroatoms. The van der Waals surface area contributed by atoms with Crippen LogP contribution in [0, 0.1) is 6.92 Å². The van der Waals surface area contributed by atoms with Crippen molar-refractivity contribution in [2.45, 2.75) is 32.6 Å². The van der Waals surface area contributed by atoms with Gasteiger partial charge < -0.3 is 10.6 Å². The molecule has 2 rings (SSSR count). The Morgan fingerprint density at radius 1 is 1.14 bits per heavy atom. The highest BCUT2D eigenvalue weighted by Gasteiger charge is 2.28. The van der Waals surface area contributed by atoms with E-state index in [1.807, 2.05) is 13.8 Å². The number of aromatic nitrogens is 2. The molecule has 1 aromatic heterocycles. The molecule has 1 aromatic rings. The monoisotopic (exact) mass is 313 g/mol. The van der Waals surface area contributed by atoms with E-state index in [0.29, 0.717) is 19.0 Å². The van der Waals surface area contributed by atoms with Gasteiger partial charge in [0.05, 0.1) is 6.26 Å². The maximum Gasteiger partial charge on any atom is 0.208 e. The first-order valence-corrected chi connectivity index (χ1v) is 9.10. The Kier molecular flexibility index (Phi) is 5.00. The highest BCUT2D eigenvalue weighted by Crippen LogP contribution is 2.39. The molecule has 1 fully saturated rings. The average Bonchev–Trinajstić information content (AvgIpc) is 3.22. The fourth-order valence-electron chi connectivity index (χ4n) is 1.99. The highest BCUT2D eigenvalue weighted by atomic mass is 32.2. The van der Waals surface area contributed by atoms with Gasteiger partial charge in [0.15, 0.2) is 0 Å². The standard InChI is InChI=1S/C13H23N5O2S/c1-4-14-11-9(2)12(15-7-8-16-21(3,19)20)18-13(17-11)10-5-6-10/h10,16H,4-8H2,1-3H3,(H2,14,15,17,18). The van der Waals surface area contributed by atoms with Crippen LogP contribution in [0.3, 0.4) is 0 Å².